The predicted octanol–water partition coefficient (Wildman–Crippen LogP) is 1.80. The highest BCUT2D eigenvalue weighted by atomic mass is 16.5. The van der Waals surface area contributed by atoms with Crippen LogP contribution < -0.4 is 0 Å². The summed E-state index contributed by atoms with van der Waals surface area (Å²) in [6, 6.07) is 0. The van der Waals surface area contributed by atoms with Gasteiger partial charge in [0.05, 0.1) is 19.7 Å². The van der Waals surface area contributed by atoms with Crippen LogP contribution in [0.4, 0.5) is 0 Å². The van der Waals surface area contributed by atoms with Crippen LogP contribution in [0.3, 0.4) is 0 Å². The molecule has 0 aliphatic heterocycles. The van der Waals surface area contributed by atoms with Gasteiger partial charge in [0.15, 0.2) is 5.82 Å². The number of hydrogen-bond donors (Lipinski definition) is 0. The maximum absolute atomic E-state index is 11.4. The summed E-state index contributed by atoms with van der Waals surface area (Å²) in [5.41, 5.74) is 0. The van der Waals surface area contributed by atoms with Crippen molar-refractivity contribution in [1.82, 2.24) is 15.0 Å². The van der Waals surface area contributed by atoms with Crippen LogP contribution in [0.2, 0.25) is 0 Å². The number of esters is 1. The van der Waals surface area contributed by atoms with E-state index in [-0.39, 0.29) is 12.5 Å². The second-order valence-electron chi connectivity index (χ2n) is 4.32. The Kier molecular flexibility index (Phi) is 7.10. The SMILES string of the molecule is CCCCc1noc(CN(CC)CC(=O)OCC)n1. The molecule has 6 nitrogen and oxygen atoms in total. The summed E-state index contributed by atoms with van der Waals surface area (Å²) >= 11 is 0. The highest BCUT2D eigenvalue weighted by molar-refractivity contribution is 5.71. The lowest BCUT2D eigenvalue weighted by Gasteiger charge is -2.16. The summed E-state index contributed by atoms with van der Waals surface area (Å²) in [5, 5.41) is 3.93. The maximum Gasteiger partial charge on any atom is 0.320 e. The molecule has 0 N–H and O–H groups in total. The van der Waals surface area contributed by atoms with Crippen LogP contribution in [0.25, 0.3) is 0 Å². The van der Waals surface area contributed by atoms with Gasteiger partial charge in [-0.05, 0) is 19.9 Å². The second kappa shape index (κ2) is 8.63. The van der Waals surface area contributed by atoms with Crippen molar-refractivity contribution in [3.63, 3.8) is 0 Å². The summed E-state index contributed by atoms with van der Waals surface area (Å²) in [4.78, 5) is 17.6. The molecule has 0 atom stereocenters. The van der Waals surface area contributed by atoms with E-state index in [2.05, 4.69) is 17.1 Å². The summed E-state index contributed by atoms with van der Waals surface area (Å²) in [6.45, 7) is 7.76. The minimum atomic E-state index is -0.227. The van der Waals surface area contributed by atoms with Gasteiger partial charge in [-0.15, -0.1) is 0 Å². The van der Waals surface area contributed by atoms with E-state index in [1.54, 1.807) is 6.92 Å². The van der Waals surface area contributed by atoms with Crippen molar-refractivity contribution in [3.8, 4) is 0 Å². The predicted molar refractivity (Wildman–Crippen MR) is 70.5 cm³/mol. The lowest BCUT2D eigenvalue weighted by Crippen LogP contribution is -2.30. The topological polar surface area (TPSA) is 68.5 Å². The number of ether oxygens (including phenoxy) is 1. The molecule has 0 aliphatic carbocycles. The number of hydrogen-bond acceptors (Lipinski definition) is 6. The minimum absolute atomic E-state index is 0.227. The molecule has 6 heteroatoms. The number of rotatable bonds is 9. The monoisotopic (exact) mass is 269 g/mol. The maximum atomic E-state index is 11.4. The highest BCUT2D eigenvalue weighted by Crippen LogP contribution is 2.05. The number of nitrogens with zero attached hydrogens (tertiary/aromatic N) is 3. The Morgan fingerprint density at radius 1 is 1.37 bits per heavy atom. The molecule has 1 rings (SSSR count). The van der Waals surface area contributed by atoms with Gasteiger partial charge >= 0.3 is 5.97 Å². The molecule has 0 fully saturated rings. The van der Waals surface area contributed by atoms with E-state index in [1.165, 1.54) is 0 Å². The highest BCUT2D eigenvalue weighted by Gasteiger charge is 2.14. The van der Waals surface area contributed by atoms with Crippen molar-refractivity contribution in [2.45, 2.75) is 46.6 Å². The molecule has 0 aliphatic rings. The van der Waals surface area contributed by atoms with Gasteiger partial charge in [-0.2, -0.15) is 4.98 Å². The van der Waals surface area contributed by atoms with Gasteiger partial charge in [0, 0.05) is 6.42 Å². The molecule has 1 aromatic rings. The second-order valence-corrected chi connectivity index (χ2v) is 4.32. The smallest absolute Gasteiger partial charge is 0.320 e. The van der Waals surface area contributed by atoms with Crippen LogP contribution in [0.15, 0.2) is 4.52 Å². The average Bonchev–Trinajstić information content (AvgIpc) is 2.83. The molecular weight excluding hydrogens is 246 g/mol. The molecule has 19 heavy (non-hydrogen) atoms. The van der Waals surface area contributed by atoms with Crippen LogP contribution >= 0.6 is 0 Å². The number of carbonyl (C=O) groups is 1. The molecule has 0 radical (unpaired) electrons. The Morgan fingerprint density at radius 3 is 2.79 bits per heavy atom. The first-order chi connectivity index (χ1) is 9.19. The third-order valence-electron chi connectivity index (χ3n) is 2.73. The summed E-state index contributed by atoms with van der Waals surface area (Å²) in [6.07, 6.45) is 3.00. The van der Waals surface area contributed by atoms with Gasteiger partial charge in [-0.25, -0.2) is 0 Å². The van der Waals surface area contributed by atoms with Crippen molar-refractivity contribution < 1.29 is 14.1 Å². The molecule has 0 aromatic carbocycles. The normalized spacial score (nSPS) is 10.9. The van der Waals surface area contributed by atoms with E-state index in [4.69, 9.17) is 9.26 Å². The van der Waals surface area contributed by atoms with Crippen molar-refractivity contribution in [2.24, 2.45) is 0 Å². The fourth-order valence-electron chi connectivity index (χ4n) is 1.65. The molecule has 1 heterocycles. The summed E-state index contributed by atoms with van der Waals surface area (Å²) < 4.78 is 10.1. The van der Waals surface area contributed by atoms with Gasteiger partial charge in [0.1, 0.15) is 0 Å². The number of carbonyl (C=O) groups excluding carboxylic acids is 1. The third kappa shape index (κ3) is 5.83. The van der Waals surface area contributed by atoms with E-state index >= 15 is 0 Å². The van der Waals surface area contributed by atoms with Gasteiger partial charge in [-0.3, -0.25) is 9.69 Å². The van der Waals surface area contributed by atoms with Crippen molar-refractivity contribution >= 4 is 5.97 Å². The first-order valence-corrected chi connectivity index (χ1v) is 6.89. The fraction of sp³-hybridized carbons (Fsp3) is 0.769. The Bertz CT molecular complexity index is 379. The molecular formula is C13H23N3O3. The fourth-order valence-corrected chi connectivity index (χ4v) is 1.65. The lowest BCUT2D eigenvalue weighted by molar-refractivity contribution is -0.144. The minimum Gasteiger partial charge on any atom is -0.465 e. The Hall–Kier alpha value is -1.43. The van der Waals surface area contributed by atoms with Gasteiger partial charge < -0.3 is 9.26 Å². The van der Waals surface area contributed by atoms with Crippen LogP contribution in [0, 0.1) is 0 Å². The Balaban J connectivity index is 2.46. The number of likely N-dealkylation sites (N-methyl/N-ethyl adjacent to an activating group) is 1. The Morgan fingerprint density at radius 2 is 2.16 bits per heavy atom. The van der Waals surface area contributed by atoms with Crippen LogP contribution in [0.5, 0.6) is 0 Å². The van der Waals surface area contributed by atoms with Gasteiger partial charge in [0.25, 0.3) is 0 Å². The molecule has 0 spiro atoms. The average molecular weight is 269 g/mol. The van der Waals surface area contributed by atoms with Gasteiger partial charge in [-0.1, -0.05) is 25.4 Å². The molecule has 0 bridgehead atoms. The Labute approximate surface area is 114 Å². The number of aryl methyl sites for hydroxylation is 1. The van der Waals surface area contributed by atoms with E-state index < -0.39 is 0 Å². The lowest BCUT2D eigenvalue weighted by atomic mass is 10.2. The van der Waals surface area contributed by atoms with Gasteiger partial charge in [0.2, 0.25) is 5.89 Å². The van der Waals surface area contributed by atoms with Crippen LogP contribution in [0.1, 0.15) is 45.3 Å². The van der Waals surface area contributed by atoms with E-state index in [0.717, 1.165) is 31.6 Å². The van der Waals surface area contributed by atoms with E-state index in [1.807, 2.05) is 11.8 Å². The van der Waals surface area contributed by atoms with E-state index in [0.29, 0.717) is 19.0 Å². The summed E-state index contributed by atoms with van der Waals surface area (Å²) in [7, 11) is 0. The van der Waals surface area contributed by atoms with Crippen molar-refractivity contribution in [1.29, 1.82) is 0 Å². The summed E-state index contributed by atoms with van der Waals surface area (Å²) in [5.74, 6) is 1.07. The first-order valence-electron chi connectivity index (χ1n) is 6.89. The molecule has 0 amide bonds. The number of unbranched alkanes of at least 4 members (excludes halogenated alkanes) is 1. The zero-order valence-corrected chi connectivity index (χ0v) is 12.0. The first kappa shape index (κ1) is 15.6. The largest absolute Gasteiger partial charge is 0.465 e. The zero-order chi connectivity index (χ0) is 14.1. The standard InChI is InChI=1S/C13H23N3O3/c1-4-7-8-11-14-12(19-15-11)9-16(5-2)10-13(17)18-6-3/h4-10H2,1-3H3. The quantitative estimate of drug-likeness (QED) is 0.637. The third-order valence-corrected chi connectivity index (χ3v) is 2.73. The number of aromatic nitrogens is 2. The molecule has 1 aromatic heterocycles. The van der Waals surface area contributed by atoms with Crippen LogP contribution in [-0.4, -0.2) is 40.7 Å². The molecule has 108 valence electrons. The van der Waals surface area contributed by atoms with Crippen LogP contribution in [-0.2, 0) is 22.5 Å². The molecule has 0 saturated carbocycles. The van der Waals surface area contributed by atoms with Crippen molar-refractivity contribution in [2.75, 3.05) is 19.7 Å². The zero-order valence-electron chi connectivity index (χ0n) is 12.0. The molecule has 0 saturated heterocycles. The molecule has 0 unspecified atom stereocenters. The van der Waals surface area contributed by atoms with Crippen molar-refractivity contribution in [3.05, 3.63) is 11.7 Å². The van der Waals surface area contributed by atoms with E-state index in [9.17, 15) is 4.79 Å².